The van der Waals surface area contributed by atoms with Gasteiger partial charge in [0.1, 0.15) is 17.6 Å². The summed E-state index contributed by atoms with van der Waals surface area (Å²) in [4.78, 5) is 4.37. The highest BCUT2D eigenvalue weighted by atomic mass is 16.5. The van der Waals surface area contributed by atoms with Gasteiger partial charge in [0.05, 0.1) is 13.7 Å². The Morgan fingerprint density at radius 3 is 3.05 bits per heavy atom. The topological polar surface area (TPSA) is 68.9 Å². The lowest BCUT2D eigenvalue weighted by atomic mass is 10.1. The van der Waals surface area contributed by atoms with Gasteiger partial charge in [0.2, 0.25) is 0 Å². The van der Waals surface area contributed by atoms with Crippen molar-refractivity contribution < 1.29 is 9.47 Å². The quantitative estimate of drug-likeness (QED) is 0.479. The number of fused-ring (bicyclic) bond motifs is 1. The SMILES string of the molecule is CCCCNC(N)=NCc1cc2c(cc1OC)CC(C)O2. The molecule has 0 aromatic heterocycles. The van der Waals surface area contributed by atoms with Crippen LogP contribution in [0.15, 0.2) is 17.1 Å². The maximum Gasteiger partial charge on any atom is 0.188 e. The van der Waals surface area contributed by atoms with Crippen molar-refractivity contribution in [2.75, 3.05) is 13.7 Å². The molecule has 0 fully saturated rings. The van der Waals surface area contributed by atoms with Crippen LogP contribution in [0.1, 0.15) is 37.8 Å². The van der Waals surface area contributed by atoms with Gasteiger partial charge < -0.3 is 20.5 Å². The Morgan fingerprint density at radius 1 is 1.52 bits per heavy atom. The average molecular weight is 291 g/mol. The van der Waals surface area contributed by atoms with E-state index in [0.29, 0.717) is 12.5 Å². The van der Waals surface area contributed by atoms with Gasteiger partial charge in [0, 0.05) is 24.1 Å². The summed E-state index contributed by atoms with van der Waals surface area (Å²) in [5, 5.41) is 3.11. The largest absolute Gasteiger partial charge is 0.496 e. The Labute approximate surface area is 126 Å². The first-order valence-corrected chi connectivity index (χ1v) is 7.54. The van der Waals surface area contributed by atoms with Gasteiger partial charge in [-0.2, -0.15) is 0 Å². The van der Waals surface area contributed by atoms with Crippen LogP contribution in [0.3, 0.4) is 0 Å². The summed E-state index contributed by atoms with van der Waals surface area (Å²) in [6.45, 7) is 5.55. The summed E-state index contributed by atoms with van der Waals surface area (Å²) in [5.74, 6) is 2.25. The second-order valence-electron chi connectivity index (χ2n) is 5.39. The van der Waals surface area contributed by atoms with Crippen LogP contribution >= 0.6 is 0 Å². The standard InChI is InChI=1S/C16H25N3O2/c1-4-5-6-18-16(17)19-10-13-9-15-12(7-11(2)21-15)8-14(13)20-3/h8-9,11H,4-7,10H2,1-3H3,(H3,17,18,19). The highest BCUT2D eigenvalue weighted by molar-refractivity contribution is 5.77. The molecule has 1 heterocycles. The second kappa shape index (κ2) is 7.20. The molecule has 0 saturated carbocycles. The van der Waals surface area contributed by atoms with Crippen LogP contribution in [0.25, 0.3) is 0 Å². The monoisotopic (exact) mass is 291 g/mol. The number of nitrogens with two attached hydrogens (primary N) is 1. The van der Waals surface area contributed by atoms with Crippen LogP contribution in [0.5, 0.6) is 11.5 Å². The molecule has 1 atom stereocenters. The van der Waals surface area contributed by atoms with Crippen LogP contribution < -0.4 is 20.5 Å². The van der Waals surface area contributed by atoms with Crippen LogP contribution in [-0.2, 0) is 13.0 Å². The van der Waals surface area contributed by atoms with Crippen molar-refractivity contribution in [1.82, 2.24) is 5.32 Å². The first-order valence-electron chi connectivity index (χ1n) is 7.54. The fraction of sp³-hybridized carbons (Fsp3) is 0.562. The molecular weight excluding hydrogens is 266 g/mol. The normalized spacial score (nSPS) is 17.3. The molecule has 1 unspecified atom stereocenters. The van der Waals surface area contributed by atoms with E-state index < -0.39 is 0 Å². The van der Waals surface area contributed by atoms with Crippen LogP contribution in [-0.4, -0.2) is 25.7 Å². The molecule has 5 nitrogen and oxygen atoms in total. The minimum atomic E-state index is 0.226. The van der Waals surface area contributed by atoms with Crippen molar-refractivity contribution in [2.45, 2.75) is 45.8 Å². The van der Waals surface area contributed by atoms with Crippen molar-refractivity contribution in [3.8, 4) is 11.5 Å². The van der Waals surface area contributed by atoms with Gasteiger partial charge in [-0.1, -0.05) is 13.3 Å². The number of hydrogen-bond donors (Lipinski definition) is 2. The van der Waals surface area contributed by atoms with Crippen LogP contribution in [0, 0.1) is 0 Å². The van der Waals surface area contributed by atoms with Crippen molar-refractivity contribution >= 4 is 5.96 Å². The fourth-order valence-electron chi connectivity index (χ4n) is 2.41. The van der Waals surface area contributed by atoms with E-state index in [-0.39, 0.29) is 6.10 Å². The van der Waals surface area contributed by atoms with Crippen LogP contribution in [0.4, 0.5) is 0 Å². The maximum atomic E-state index is 5.86. The molecule has 1 aromatic rings. The number of guanidine groups is 1. The molecule has 1 aliphatic rings. The summed E-state index contributed by atoms with van der Waals surface area (Å²) in [6.07, 6.45) is 3.37. The smallest absolute Gasteiger partial charge is 0.188 e. The van der Waals surface area contributed by atoms with Gasteiger partial charge >= 0.3 is 0 Å². The van der Waals surface area contributed by atoms with Gasteiger partial charge in [-0.25, -0.2) is 4.99 Å². The zero-order valence-corrected chi connectivity index (χ0v) is 13.1. The molecule has 0 amide bonds. The number of nitrogens with one attached hydrogen (secondary N) is 1. The predicted molar refractivity (Wildman–Crippen MR) is 85.0 cm³/mol. The van der Waals surface area contributed by atoms with Gasteiger partial charge in [-0.3, -0.25) is 0 Å². The molecule has 3 N–H and O–H groups in total. The third kappa shape index (κ3) is 4.03. The molecule has 0 aliphatic carbocycles. The first kappa shape index (κ1) is 15.5. The molecule has 2 rings (SSSR count). The van der Waals surface area contributed by atoms with Gasteiger partial charge in [-0.05, 0) is 25.5 Å². The number of unbranched alkanes of at least 4 members (excludes halogenated alkanes) is 1. The molecule has 21 heavy (non-hydrogen) atoms. The molecule has 0 radical (unpaired) electrons. The summed E-state index contributed by atoms with van der Waals surface area (Å²) in [6, 6.07) is 4.06. The molecule has 0 spiro atoms. The van der Waals surface area contributed by atoms with Crippen molar-refractivity contribution in [1.29, 1.82) is 0 Å². The maximum absolute atomic E-state index is 5.86. The van der Waals surface area contributed by atoms with E-state index in [9.17, 15) is 0 Å². The Kier molecular flexibility index (Phi) is 5.31. The predicted octanol–water partition coefficient (Wildman–Crippen LogP) is 2.22. The van der Waals surface area contributed by atoms with Crippen molar-refractivity contribution in [3.63, 3.8) is 0 Å². The van der Waals surface area contributed by atoms with E-state index in [1.54, 1.807) is 7.11 Å². The van der Waals surface area contributed by atoms with E-state index >= 15 is 0 Å². The summed E-state index contributed by atoms with van der Waals surface area (Å²) in [5.41, 5.74) is 8.04. The van der Waals surface area contributed by atoms with Gasteiger partial charge in [-0.15, -0.1) is 0 Å². The molecule has 1 aromatic carbocycles. The molecule has 1 aliphatic heterocycles. The second-order valence-corrected chi connectivity index (χ2v) is 5.39. The zero-order valence-electron chi connectivity index (χ0n) is 13.1. The molecule has 116 valence electrons. The lowest BCUT2D eigenvalue weighted by molar-refractivity contribution is 0.254. The minimum Gasteiger partial charge on any atom is -0.496 e. The zero-order chi connectivity index (χ0) is 15.2. The Bertz CT molecular complexity index is 514. The van der Waals surface area contributed by atoms with Crippen molar-refractivity contribution in [3.05, 3.63) is 23.3 Å². The van der Waals surface area contributed by atoms with Gasteiger partial charge in [0.15, 0.2) is 5.96 Å². The van der Waals surface area contributed by atoms with Crippen LogP contribution in [0.2, 0.25) is 0 Å². The van der Waals surface area contributed by atoms with E-state index in [0.717, 1.165) is 42.9 Å². The number of hydrogen-bond acceptors (Lipinski definition) is 3. The van der Waals surface area contributed by atoms with Crippen molar-refractivity contribution in [2.24, 2.45) is 10.7 Å². The Hall–Kier alpha value is -1.91. The van der Waals surface area contributed by atoms with E-state index in [1.165, 1.54) is 5.56 Å². The number of rotatable bonds is 6. The van der Waals surface area contributed by atoms with E-state index in [4.69, 9.17) is 15.2 Å². The lowest BCUT2D eigenvalue weighted by Crippen LogP contribution is -2.32. The molecule has 0 saturated heterocycles. The number of benzene rings is 1. The summed E-state index contributed by atoms with van der Waals surface area (Å²) < 4.78 is 11.2. The fourth-order valence-corrected chi connectivity index (χ4v) is 2.41. The number of ether oxygens (including phenoxy) is 2. The summed E-state index contributed by atoms with van der Waals surface area (Å²) in [7, 11) is 1.68. The number of aliphatic imine (C=N–C) groups is 1. The molecule has 5 heteroatoms. The third-order valence-corrected chi connectivity index (χ3v) is 3.56. The van der Waals surface area contributed by atoms with E-state index in [2.05, 4.69) is 24.2 Å². The Balaban J connectivity index is 2.06. The first-order chi connectivity index (χ1) is 10.1. The summed E-state index contributed by atoms with van der Waals surface area (Å²) >= 11 is 0. The van der Waals surface area contributed by atoms with E-state index in [1.807, 2.05) is 12.1 Å². The molecular formula is C16H25N3O2. The minimum absolute atomic E-state index is 0.226. The number of methoxy groups -OCH3 is 1. The third-order valence-electron chi connectivity index (χ3n) is 3.56. The highest BCUT2D eigenvalue weighted by Crippen LogP contribution is 2.35. The average Bonchev–Trinajstić information content (AvgIpc) is 2.83. The lowest BCUT2D eigenvalue weighted by Gasteiger charge is -2.10. The Morgan fingerprint density at radius 2 is 2.33 bits per heavy atom. The highest BCUT2D eigenvalue weighted by Gasteiger charge is 2.21. The number of nitrogens with zero attached hydrogens (tertiary/aromatic N) is 1. The molecule has 0 bridgehead atoms. The van der Waals surface area contributed by atoms with Gasteiger partial charge in [0.25, 0.3) is 0 Å².